The maximum atomic E-state index is 8.55. The van der Waals surface area contributed by atoms with Gasteiger partial charge in [0.2, 0.25) is 0 Å². The van der Waals surface area contributed by atoms with Gasteiger partial charge in [0.15, 0.2) is 0 Å². The van der Waals surface area contributed by atoms with E-state index in [4.69, 9.17) is 5.26 Å². The smallest absolute Gasteiger partial charge is 0.0908 e. The van der Waals surface area contributed by atoms with Gasteiger partial charge in [-0.15, -0.1) is 0 Å². The molecule has 2 aliphatic rings. The predicted molar refractivity (Wildman–Crippen MR) is 108 cm³/mol. The van der Waals surface area contributed by atoms with E-state index >= 15 is 0 Å². The van der Waals surface area contributed by atoms with Crippen molar-refractivity contribution in [3.05, 3.63) is 12.2 Å². The molecule has 1 nitrogen and oxygen atoms in total. The van der Waals surface area contributed by atoms with Crippen molar-refractivity contribution in [2.75, 3.05) is 0 Å². The van der Waals surface area contributed by atoms with Crippen LogP contribution in [0.2, 0.25) is 0 Å². The third-order valence-corrected chi connectivity index (χ3v) is 7.10. The summed E-state index contributed by atoms with van der Waals surface area (Å²) in [5.74, 6) is 4.08. The van der Waals surface area contributed by atoms with Crippen molar-refractivity contribution in [3.8, 4) is 6.07 Å². The molecule has 0 atom stereocenters. The van der Waals surface area contributed by atoms with Crippen molar-refractivity contribution in [1.82, 2.24) is 0 Å². The molecule has 2 fully saturated rings. The third kappa shape index (κ3) is 7.98. The van der Waals surface area contributed by atoms with E-state index in [1.807, 2.05) is 0 Å². The van der Waals surface area contributed by atoms with Gasteiger partial charge in [0.1, 0.15) is 0 Å². The highest BCUT2D eigenvalue weighted by Crippen LogP contribution is 2.43. The van der Waals surface area contributed by atoms with E-state index < -0.39 is 0 Å². The molecule has 142 valence electrons. The van der Waals surface area contributed by atoms with Crippen molar-refractivity contribution < 1.29 is 0 Å². The van der Waals surface area contributed by atoms with Gasteiger partial charge in [0, 0.05) is 6.08 Å². The molecule has 2 rings (SSSR count). The number of hydrogen-bond donors (Lipinski definition) is 0. The summed E-state index contributed by atoms with van der Waals surface area (Å²) in [6.45, 7) is 2.31. The lowest BCUT2D eigenvalue weighted by Crippen LogP contribution is -2.25. The highest BCUT2D eigenvalue weighted by molar-refractivity contribution is 5.01. The Balaban J connectivity index is 1.54. The molecule has 0 heterocycles. The summed E-state index contributed by atoms with van der Waals surface area (Å²) in [5.41, 5.74) is 0. The maximum Gasteiger partial charge on any atom is 0.0908 e. The van der Waals surface area contributed by atoms with Gasteiger partial charge in [-0.2, -0.15) is 5.26 Å². The fraction of sp³-hybridized carbons (Fsp3) is 0.875. The Kier molecular flexibility index (Phi) is 10.3. The van der Waals surface area contributed by atoms with Crippen LogP contribution in [-0.2, 0) is 0 Å². The second kappa shape index (κ2) is 12.6. The lowest BCUT2D eigenvalue weighted by atomic mass is 9.68. The molecule has 1 heteroatoms. The van der Waals surface area contributed by atoms with Crippen molar-refractivity contribution in [1.29, 1.82) is 5.26 Å². The van der Waals surface area contributed by atoms with Crippen molar-refractivity contribution in [3.63, 3.8) is 0 Å². The summed E-state index contributed by atoms with van der Waals surface area (Å²) in [6.07, 6.45) is 26.8. The average Bonchev–Trinajstić information content (AvgIpc) is 2.66. The highest BCUT2D eigenvalue weighted by atomic mass is 14.4. The quantitative estimate of drug-likeness (QED) is 0.293. The van der Waals surface area contributed by atoms with Gasteiger partial charge in [0.25, 0.3) is 0 Å². The molecule has 0 unspecified atom stereocenters. The average molecular weight is 344 g/mol. The standard InChI is InChI=1S/C24H41N/c1-2-3-4-5-7-10-21-12-16-23(17-13-21)24-18-14-22(15-19-24)11-8-6-9-20-25/h6,9,21-24H,2-5,7-8,10-19H2,1H3. The minimum Gasteiger partial charge on any atom is -0.193 e. The number of nitriles is 1. The molecule has 0 N–H and O–H groups in total. The van der Waals surface area contributed by atoms with Crippen LogP contribution in [0.1, 0.15) is 110 Å². The van der Waals surface area contributed by atoms with Gasteiger partial charge < -0.3 is 0 Å². The van der Waals surface area contributed by atoms with E-state index in [1.165, 1.54) is 96.3 Å². The zero-order chi connectivity index (χ0) is 17.7. The largest absolute Gasteiger partial charge is 0.193 e. The first kappa shape index (κ1) is 20.5. The Bertz CT molecular complexity index is 389. The van der Waals surface area contributed by atoms with Gasteiger partial charge in [-0.1, -0.05) is 77.2 Å². The Morgan fingerprint density at radius 2 is 1.32 bits per heavy atom. The molecule has 0 spiro atoms. The summed E-state index contributed by atoms with van der Waals surface area (Å²) in [7, 11) is 0. The summed E-state index contributed by atoms with van der Waals surface area (Å²) in [6, 6.07) is 2.10. The number of hydrogen-bond acceptors (Lipinski definition) is 1. The second-order valence-corrected chi connectivity index (χ2v) is 8.87. The zero-order valence-corrected chi connectivity index (χ0v) is 16.7. The third-order valence-electron chi connectivity index (χ3n) is 7.10. The zero-order valence-electron chi connectivity index (χ0n) is 16.7. The van der Waals surface area contributed by atoms with Crippen LogP contribution in [-0.4, -0.2) is 0 Å². The van der Waals surface area contributed by atoms with Crippen LogP contribution in [0.5, 0.6) is 0 Å². The number of unbranched alkanes of at least 4 members (excludes halogenated alkanes) is 4. The van der Waals surface area contributed by atoms with Crippen molar-refractivity contribution in [2.24, 2.45) is 23.7 Å². The van der Waals surface area contributed by atoms with Gasteiger partial charge in [-0.25, -0.2) is 0 Å². The fourth-order valence-electron chi connectivity index (χ4n) is 5.40. The number of rotatable bonds is 10. The van der Waals surface area contributed by atoms with E-state index in [-0.39, 0.29) is 0 Å². The molecule has 0 saturated heterocycles. The van der Waals surface area contributed by atoms with E-state index in [1.54, 1.807) is 6.08 Å². The minimum absolute atomic E-state index is 0.930. The molecule has 0 bridgehead atoms. The molecule has 0 aromatic rings. The van der Waals surface area contributed by atoms with Gasteiger partial charge in [0.05, 0.1) is 6.07 Å². The van der Waals surface area contributed by atoms with Crippen molar-refractivity contribution in [2.45, 2.75) is 110 Å². The van der Waals surface area contributed by atoms with Crippen LogP contribution in [0.4, 0.5) is 0 Å². The Morgan fingerprint density at radius 1 is 0.760 bits per heavy atom. The van der Waals surface area contributed by atoms with Crippen LogP contribution in [0, 0.1) is 35.0 Å². The molecular formula is C24H41N. The lowest BCUT2D eigenvalue weighted by Gasteiger charge is -2.38. The summed E-state index contributed by atoms with van der Waals surface area (Å²) in [5, 5.41) is 8.55. The molecule has 0 aromatic heterocycles. The first-order valence-electron chi connectivity index (χ1n) is 11.4. The van der Waals surface area contributed by atoms with Crippen LogP contribution >= 0.6 is 0 Å². The summed E-state index contributed by atoms with van der Waals surface area (Å²) < 4.78 is 0. The Labute approximate surface area is 157 Å². The minimum atomic E-state index is 0.930. The molecule has 0 aliphatic heterocycles. The van der Waals surface area contributed by atoms with Gasteiger partial charge >= 0.3 is 0 Å². The van der Waals surface area contributed by atoms with Gasteiger partial charge in [-0.3, -0.25) is 0 Å². The number of nitrogens with zero attached hydrogens (tertiary/aromatic N) is 1. The molecule has 0 amide bonds. The highest BCUT2D eigenvalue weighted by Gasteiger charge is 2.30. The molecule has 2 saturated carbocycles. The van der Waals surface area contributed by atoms with Crippen LogP contribution in [0.15, 0.2) is 12.2 Å². The van der Waals surface area contributed by atoms with E-state index in [2.05, 4.69) is 19.1 Å². The monoisotopic (exact) mass is 343 g/mol. The maximum absolute atomic E-state index is 8.55. The van der Waals surface area contributed by atoms with E-state index in [9.17, 15) is 0 Å². The lowest BCUT2D eigenvalue weighted by molar-refractivity contribution is 0.140. The van der Waals surface area contributed by atoms with E-state index in [0.717, 1.165) is 30.1 Å². The van der Waals surface area contributed by atoms with Gasteiger partial charge in [-0.05, 0) is 62.2 Å². The first-order chi connectivity index (χ1) is 12.3. The van der Waals surface area contributed by atoms with Crippen LogP contribution in [0.3, 0.4) is 0 Å². The summed E-state index contributed by atoms with van der Waals surface area (Å²) >= 11 is 0. The molecule has 2 aliphatic carbocycles. The van der Waals surface area contributed by atoms with E-state index in [0.29, 0.717) is 0 Å². The van der Waals surface area contributed by atoms with Crippen LogP contribution in [0.25, 0.3) is 0 Å². The SMILES string of the molecule is CCCCCCCC1CCC(C2CCC(CCC=CC#N)CC2)CC1. The van der Waals surface area contributed by atoms with Crippen LogP contribution < -0.4 is 0 Å². The Morgan fingerprint density at radius 3 is 1.88 bits per heavy atom. The fourth-order valence-corrected chi connectivity index (χ4v) is 5.40. The summed E-state index contributed by atoms with van der Waals surface area (Å²) in [4.78, 5) is 0. The number of allylic oxidation sites excluding steroid dienone is 2. The first-order valence-corrected chi connectivity index (χ1v) is 11.4. The normalized spacial score (nSPS) is 30.4. The van der Waals surface area contributed by atoms with Crippen molar-refractivity contribution >= 4 is 0 Å². The predicted octanol–water partition coefficient (Wildman–Crippen LogP) is 7.82. The molecular weight excluding hydrogens is 302 g/mol. The molecule has 0 aromatic carbocycles. The second-order valence-electron chi connectivity index (χ2n) is 8.87. The molecule has 0 radical (unpaired) electrons. The molecule has 25 heavy (non-hydrogen) atoms. The Hall–Kier alpha value is -0.770. The topological polar surface area (TPSA) is 23.8 Å².